The Hall–Kier alpha value is 2.62. The summed E-state index contributed by atoms with van der Waals surface area (Å²) < 4.78 is 0. The predicted molar refractivity (Wildman–Crippen MR) is 12.0 cm³/mol. The minimum absolute atomic E-state index is 0. The molecule has 0 bridgehead atoms. The van der Waals surface area contributed by atoms with Gasteiger partial charge in [0.25, 0.3) is 0 Å². The maximum absolute atomic E-state index is 0. The van der Waals surface area contributed by atoms with E-state index in [4.69, 9.17) is 0 Å². The van der Waals surface area contributed by atoms with Gasteiger partial charge >= 0.3 is 68.9 Å². The summed E-state index contributed by atoms with van der Waals surface area (Å²) in [4.78, 5) is 0. The van der Waals surface area contributed by atoms with Gasteiger partial charge in [0.15, 0.2) is 0 Å². The topological polar surface area (TPSA) is 94.5 Å². The quantitative estimate of drug-likeness (QED) is 0.406. The minimum Gasteiger partial charge on any atom is -1.00 e. The molecule has 0 saturated carbocycles. The van der Waals surface area contributed by atoms with E-state index in [1.807, 2.05) is 0 Å². The molecule has 0 rings (SSSR count). The van der Waals surface area contributed by atoms with Gasteiger partial charge in [-0.15, -0.1) is 0 Å². The summed E-state index contributed by atoms with van der Waals surface area (Å²) in [6.45, 7) is 0. The molecule has 5 heteroatoms. The Morgan fingerprint density at radius 1 is 0.800 bits per heavy atom. The molecule has 0 atom stereocenters. The van der Waals surface area contributed by atoms with E-state index in [1.165, 1.54) is 0 Å². The molecule has 0 aromatic heterocycles. The number of hydrogen-bond acceptors (Lipinski definition) is 0. The molecule has 0 unspecified atom stereocenters. The zero-order valence-electron chi connectivity index (χ0n) is 3.91. The molecule has 0 aliphatic carbocycles. The summed E-state index contributed by atoms with van der Waals surface area (Å²) in [6, 6.07) is 0. The van der Waals surface area contributed by atoms with Crippen LogP contribution in [0.2, 0.25) is 0 Å². The van der Waals surface area contributed by atoms with E-state index in [0.717, 1.165) is 0 Å². The molecule has 0 aliphatic rings. The molecule has 5 heavy (non-hydrogen) atoms. The van der Waals surface area contributed by atoms with Gasteiger partial charge in [-0.1, -0.05) is 0 Å². The molecule has 0 aromatic rings. The second kappa shape index (κ2) is 30.5. The van der Waals surface area contributed by atoms with Crippen molar-refractivity contribution in [2.24, 2.45) is 0 Å². The smallest absolute Gasteiger partial charge is 1.00 e. The Bertz CT molecular complexity index is 10.8. The fourth-order valence-electron chi connectivity index (χ4n) is 0. The molecule has 0 radical (unpaired) electrons. The molecule has 0 heterocycles. The fraction of sp³-hybridized carbons (Fsp3) is 0. The first-order chi connectivity index (χ1) is 0. The zero-order valence-corrected chi connectivity index (χ0v) is 12.1. The van der Waals surface area contributed by atoms with Crippen molar-refractivity contribution in [1.29, 1.82) is 0 Å². The van der Waals surface area contributed by atoms with Crippen LogP contribution < -0.4 is 68.9 Å². The molecule has 32 valence electrons. The molecule has 0 fully saturated rings. The van der Waals surface area contributed by atoms with Crippen molar-refractivity contribution in [2.45, 2.75) is 0 Å². The predicted octanol–water partition coefficient (Wildman–Crippen LogP) is -5.36. The third-order valence-electron chi connectivity index (χ3n) is 0. The van der Waals surface area contributed by atoms with Crippen molar-refractivity contribution in [3.05, 3.63) is 0 Å². The van der Waals surface area contributed by atoms with Gasteiger partial charge in [-0.05, 0) is 0 Å². The molecule has 0 saturated heterocycles. The van der Waals surface area contributed by atoms with Crippen LogP contribution in [-0.4, -0.2) is 16.4 Å². The van der Waals surface area contributed by atoms with Crippen molar-refractivity contribution >= 4 is 0 Å². The molecule has 0 aromatic carbocycles. The van der Waals surface area contributed by atoms with Crippen LogP contribution in [0.4, 0.5) is 0 Å². The van der Waals surface area contributed by atoms with Gasteiger partial charge in [0.05, 0.1) is 0 Å². The van der Waals surface area contributed by atoms with E-state index < -0.39 is 0 Å². The Morgan fingerprint density at radius 2 is 0.800 bits per heavy atom. The van der Waals surface area contributed by atoms with Crippen molar-refractivity contribution in [2.75, 3.05) is 0 Å². The Balaban J connectivity index is 0. The van der Waals surface area contributed by atoms with Crippen LogP contribution in [0.25, 0.3) is 0 Å². The molecule has 3 nitrogen and oxygen atoms in total. The average Bonchev–Trinajstić information content (AvgIpc) is 0. The first-order valence-corrected chi connectivity index (χ1v) is 0. The zero-order chi connectivity index (χ0) is 0. The SMILES string of the molecule is O.O.O.[Cs+].[H-].[W]. The van der Waals surface area contributed by atoms with Crippen LogP contribution >= 0.6 is 0 Å². The van der Waals surface area contributed by atoms with E-state index in [9.17, 15) is 0 Å². The van der Waals surface area contributed by atoms with Crippen molar-refractivity contribution < 1.29 is 108 Å². The van der Waals surface area contributed by atoms with Crippen LogP contribution in [0.5, 0.6) is 0 Å². The van der Waals surface area contributed by atoms with Crippen LogP contribution in [0.1, 0.15) is 1.43 Å². The molecule has 0 aliphatic heterocycles. The van der Waals surface area contributed by atoms with Crippen LogP contribution in [0.15, 0.2) is 0 Å². The van der Waals surface area contributed by atoms with Gasteiger partial charge in [-0.3, -0.25) is 0 Å². The average molecular weight is 372 g/mol. The first-order valence-electron chi connectivity index (χ1n) is 0. The van der Waals surface area contributed by atoms with Gasteiger partial charge in [0.1, 0.15) is 0 Å². The monoisotopic (exact) mass is 372 g/mol. The maximum atomic E-state index is 0. The van der Waals surface area contributed by atoms with Crippen LogP contribution in [0, 0.1) is 0 Å². The van der Waals surface area contributed by atoms with Gasteiger partial charge in [0, 0.05) is 21.1 Å². The van der Waals surface area contributed by atoms with Gasteiger partial charge in [0.2, 0.25) is 0 Å². The number of hydrogen-bond donors (Lipinski definition) is 0. The minimum atomic E-state index is 0. The normalized spacial score (nSPS) is 0. The molecule has 0 spiro atoms. The summed E-state index contributed by atoms with van der Waals surface area (Å²) in [5.74, 6) is 0. The van der Waals surface area contributed by atoms with Gasteiger partial charge in [-0.25, -0.2) is 0 Å². The Morgan fingerprint density at radius 3 is 0.800 bits per heavy atom. The summed E-state index contributed by atoms with van der Waals surface area (Å²) in [6.07, 6.45) is 0. The molecular weight excluding hydrogens is 365 g/mol. The second-order valence-electron chi connectivity index (χ2n) is 0. The van der Waals surface area contributed by atoms with E-state index >= 15 is 0 Å². The van der Waals surface area contributed by atoms with E-state index in [-0.39, 0.29) is 108 Å². The van der Waals surface area contributed by atoms with Gasteiger partial charge < -0.3 is 17.9 Å². The van der Waals surface area contributed by atoms with Crippen LogP contribution in [-0.2, 0) is 21.1 Å². The largest absolute Gasteiger partial charge is 1.00 e. The third-order valence-corrected chi connectivity index (χ3v) is 0. The standard InChI is InChI=1S/Cs.3H2O.W.H/h;3*1H2;;/q+1;;;;;-1. The van der Waals surface area contributed by atoms with Crippen molar-refractivity contribution in [3.63, 3.8) is 0 Å². The van der Waals surface area contributed by atoms with E-state index in [0.29, 0.717) is 0 Å². The Kier molecular flexibility index (Phi) is 296. The van der Waals surface area contributed by atoms with Crippen LogP contribution in [0.3, 0.4) is 0 Å². The van der Waals surface area contributed by atoms with E-state index in [1.54, 1.807) is 0 Å². The van der Waals surface area contributed by atoms with Gasteiger partial charge in [-0.2, -0.15) is 0 Å². The number of rotatable bonds is 0. The summed E-state index contributed by atoms with van der Waals surface area (Å²) in [7, 11) is 0. The van der Waals surface area contributed by atoms with E-state index in [2.05, 4.69) is 0 Å². The summed E-state index contributed by atoms with van der Waals surface area (Å²) >= 11 is 0. The second-order valence-corrected chi connectivity index (χ2v) is 0. The summed E-state index contributed by atoms with van der Waals surface area (Å²) in [5.41, 5.74) is 0. The maximum Gasteiger partial charge on any atom is 1.00 e. The van der Waals surface area contributed by atoms with Crippen molar-refractivity contribution in [3.8, 4) is 0 Å². The molecule has 6 N–H and O–H groups in total. The third kappa shape index (κ3) is 20.6. The molecule has 0 amide bonds. The van der Waals surface area contributed by atoms with Crippen molar-refractivity contribution in [1.82, 2.24) is 0 Å². The first kappa shape index (κ1) is 48.6. The molecular formula is H7CsO3W. The summed E-state index contributed by atoms with van der Waals surface area (Å²) in [5, 5.41) is 0. The fourth-order valence-corrected chi connectivity index (χ4v) is 0. The Labute approximate surface area is 105 Å².